The van der Waals surface area contributed by atoms with Crippen LogP contribution in [-0.2, 0) is 33.7 Å². The topological polar surface area (TPSA) is 104 Å². The van der Waals surface area contributed by atoms with Gasteiger partial charge in [0.15, 0.2) is 6.29 Å². The van der Waals surface area contributed by atoms with Gasteiger partial charge in [0.05, 0.1) is 5.56 Å². The van der Waals surface area contributed by atoms with Gasteiger partial charge in [-0.2, -0.15) is 0 Å². The molecule has 0 aliphatic heterocycles. The molecule has 2 atom stereocenters. The Morgan fingerprint density at radius 1 is 1.02 bits per heavy atom. The van der Waals surface area contributed by atoms with Gasteiger partial charge in [0, 0.05) is 49.7 Å². The number of benzene rings is 1. The Kier molecular flexibility index (Phi) is 11.6. The molecule has 0 spiro atoms. The third-order valence-corrected chi connectivity index (χ3v) is 9.70. The molecule has 1 unspecified atom stereocenters. The Morgan fingerprint density at radius 2 is 1.77 bits per heavy atom. The SMILES string of the molecule is CCOC(CNC(N[C@H]1CCc2sc(NC(=O)C3CC3)c(C(=O)NCC3CC3)c2C1)N(CC)Cc1ccccc1)OCC. The first-order valence-electron chi connectivity index (χ1n) is 16.2. The first kappa shape index (κ1) is 32.1. The maximum atomic E-state index is 13.6. The van der Waals surface area contributed by atoms with Crippen molar-refractivity contribution in [1.29, 1.82) is 0 Å². The molecular weight excluding hydrogens is 562 g/mol. The van der Waals surface area contributed by atoms with E-state index in [2.05, 4.69) is 57.4 Å². The standard InChI is InChI=1S/C33H49N5O4S/c1-4-38(21-23-10-8-7-9-11-23)33(35-20-28(41-5-2)42-6-3)36-25-16-17-27-26(18-25)29(31(40)34-19-22-12-13-22)32(43-27)37-30(39)24-14-15-24/h7-11,22,24-25,28,33,35-36H,4-6,12-21H2,1-3H3,(H,34,40)(H,37,39)/t25-,33?/m0/s1. The lowest BCUT2D eigenvalue weighted by Crippen LogP contribution is -2.59. The maximum absolute atomic E-state index is 13.6. The van der Waals surface area contributed by atoms with E-state index in [0.717, 1.165) is 55.8 Å². The van der Waals surface area contributed by atoms with E-state index in [1.165, 1.54) is 23.3 Å². The first-order valence-corrected chi connectivity index (χ1v) is 17.0. The van der Waals surface area contributed by atoms with Crippen LogP contribution in [0.2, 0.25) is 0 Å². The lowest BCUT2D eigenvalue weighted by atomic mass is 9.91. The van der Waals surface area contributed by atoms with Crippen LogP contribution in [0.25, 0.3) is 0 Å². The summed E-state index contributed by atoms with van der Waals surface area (Å²) in [6, 6.07) is 10.7. The highest BCUT2D eigenvalue weighted by Gasteiger charge is 2.35. The number of hydrogen-bond acceptors (Lipinski definition) is 8. The molecule has 43 heavy (non-hydrogen) atoms. The van der Waals surface area contributed by atoms with Crippen molar-refractivity contribution in [2.45, 2.75) is 90.9 Å². The van der Waals surface area contributed by atoms with E-state index < -0.39 is 0 Å². The second-order valence-corrected chi connectivity index (χ2v) is 13.0. The number of carbonyl (C=O) groups excluding carboxylic acids is 2. The second-order valence-electron chi connectivity index (χ2n) is 11.9. The summed E-state index contributed by atoms with van der Waals surface area (Å²) in [5, 5.41) is 14.6. The molecule has 2 saturated carbocycles. The Morgan fingerprint density at radius 3 is 2.42 bits per heavy atom. The number of rotatable bonds is 18. The van der Waals surface area contributed by atoms with E-state index in [-0.39, 0.29) is 36.4 Å². The molecule has 2 amide bonds. The van der Waals surface area contributed by atoms with Gasteiger partial charge < -0.3 is 20.1 Å². The van der Waals surface area contributed by atoms with Crippen LogP contribution in [0.1, 0.15) is 79.2 Å². The molecule has 10 heteroatoms. The van der Waals surface area contributed by atoms with Gasteiger partial charge in [0.25, 0.3) is 5.91 Å². The number of ether oxygens (including phenoxy) is 2. The zero-order valence-corrected chi connectivity index (χ0v) is 26.8. The van der Waals surface area contributed by atoms with Crippen LogP contribution in [0.5, 0.6) is 0 Å². The third-order valence-electron chi connectivity index (χ3n) is 8.50. The predicted molar refractivity (Wildman–Crippen MR) is 171 cm³/mol. The van der Waals surface area contributed by atoms with Crippen molar-refractivity contribution in [3.05, 3.63) is 51.9 Å². The molecule has 9 nitrogen and oxygen atoms in total. The fraction of sp³-hybridized carbons (Fsp3) is 0.636. The minimum atomic E-state index is -0.330. The average molecular weight is 612 g/mol. The van der Waals surface area contributed by atoms with Gasteiger partial charge in [-0.3, -0.25) is 25.1 Å². The Bertz CT molecular complexity index is 1190. The van der Waals surface area contributed by atoms with Crippen LogP contribution in [0.3, 0.4) is 0 Å². The molecule has 4 N–H and O–H groups in total. The fourth-order valence-corrected chi connectivity index (χ4v) is 6.97. The monoisotopic (exact) mass is 611 g/mol. The van der Waals surface area contributed by atoms with E-state index in [1.807, 2.05) is 19.9 Å². The summed E-state index contributed by atoms with van der Waals surface area (Å²) in [5.74, 6) is 0.670. The van der Waals surface area contributed by atoms with Gasteiger partial charge >= 0.3 is 0 Å². The zero-order chi connectivity index (χ0) is 30.2. The number of nitrogens with zero attached hydrogens (tertiary/aromatic N) is 1. The third kappa shape index (κ3) is 9.09. The van der Waals surface area contributed by atoms with Crippen LogP contribution in [0.15, 0.2) is 30.3 Å². The predicted octanol–water partition coefficient (Wildman–Crippen LogP) is 4.48. The molecule has 2 aromatic rings. The van der Waals surface area contributed by atoms with Crippen molar-refractivity contribution in [2.75, 3.05) is 38.2 Å². The highest BCUT2D eigenvalue weighted by Crippen LogP contribution is 2.40. The Balaban J connectivity index is 1.34. The molecule has 1 aromatic carbocycles. The highest BCUT2D eigenvalue weighted by molar-refractivity contribution is 7.17. The molecule has 3 aliphatic rings. The van der Waals surface area contributed by atoms with Gasteiger partial charge in [0.2, 0.25) is 5.91 Å². The van der Waals surface area contributed by atoms with E-state index >= 15 is 0 Å². The number of anilines is 1. The summed E-state index contributed by atoms with van der Waals surface area (Å²) in [6.07, 6.45) is 6.33. The quantitative estimate of drug-likeness (QED) is 0.184. The number of nitrogens with one attached hydrogen (secondary N) is 4. The van der Waals surface area contributed by atoms with E-state index in [1.54, 1.807) is 11.3 Å². The summed E-state index contributed by atoms with van der Waals surface area (Å²) in [6.45, 7) is 10.2. The van der Waals surface area contributed by atoms with Crippen molar-refractivity contribution in [3.63, 3.8) is 0 Å². The smallest absolute Gasteiger partial charge is 0.254 e. The van der Waals surface area contributed by atoms with Crippen LogP contribution in [0, 0.1) is 11.8 Å². The summed E-state index contributed by atoms with van der Waals surface area (Å²) in [7, 11) is 0. The summed E-state index contributed by atoms with van der Waals surface area (Å²) in [5.41, 5.74) is 3.01. The van der Waals surface area contributed by atoms with Crippen molar-refractivity contribution in [1.82, 2.24) is 20.9 Å². The molecule has 3 aliphatic carbocycles. The minimum Gasteiger partial charge on any atom is -0.352 e. The number of amides is 2. The van der Waals surface area contributed by atoms with Crippen molar-refractivity contribution in [3.8, 4) is 0 Å². The number of aryl methyl sites for hydroxylation is 1. The summed E-state index contributed by atoms with van der Waals surface area (Å²) < 4.78 is 11.7. The molecule has 0 bridgehead atoms. The van der Waals surface area contributed by atoms with Gasteiger partial charge in [-0.05, 0) is 82.4 Å². The van der Waals surface area contributed by atoms with E-state index in [4.69, 9.17) is 9.47 Å². The van der Waals surface area contributed by atoms with E-state index in [9.17, 15) is 9.59 Å². The van der Waals surface area contributed by atoms with Crippen molar-refractivity contribution in [2.24, 2.45) is 11.8 Å². The van der Waals surface area contributed by atoms with E-state index in [0.29, 0.717) is 37.8 Å². The fourth-order valence-electron chi connectivity index (χ4n) is 5.73. The number of carbonyl (C=O) groups is 2. The average Bonchev–Trinajstić information content (AvgIpc) is 3.94. The van der Waals surface area contributed by atoms with Crippen LogP contribution < -0.4 is 21.3 Å². The number of hydrogen-bond donors (Lipinski definition) is 4. The highest BCUT2D eigenvalue weighted by atomic mass is 32.1. The minimum absolute atomic E-state index is 0.0476. The molecule has 236 valence electrons. The molecule has 0 radical (unpaired) electrons. The molecular formula is C33H49N5O4S. The normalized spacial score (nSPS) is 19.0. The van der Waals surface area contributed by atoms with Gasteiger partial charge in [-0.1, -0.05) is 37.3 Å². The van der Waals surface area contributed by atoms with Crippen LogP contribution in [-0.4, -0.2) is 68.2 Å². The largest absolute Gasteiger partial charge is 0.352 e. The summed E-state index contributed by atoms with van der Waals surface area (Å²) >= 11 is 1.59. The van der Waals surface area contributed by atoms with Gasteiger partial charge in [0.1, 0.15) is 11.3 Å². The molecule has 1 heterocycles. The zero-order valence-electron chi connectivity index (χ0n) is 26.0. The molecule has 1 aromatic heterocycles. The van der Waals surface area contributed by atoms with Crippen molar-refractivity contribution < 1.29 is 19.1 Å². The molecule has 0 saturated heterocycles. The first-order chi connectivity index (χ1) is 21.0. The van der Waals surface area contributed by atoms with Gasteiger partial charge in [-0.15, -0.1) is 11.3 Å². The van der Waals surface area contributed by atoms with Gasteiger partial charge in [-0.25, -0.2) is 0 Å². The Hall–Kier alpha value is -2.34. The maximum Gasteiger partial charge on any atom is 0.254 e. The molecule has 5 rings (SSSR count). The molecule has 2 fully saturated rings. The van der Waals surface area contributed by atoms with Crippen molar-refractivity contribution >= 4 is 28.2 Å². The lowest BCUT2D eigenvalue weighted by molar-refractivity contribution is -0.136. The van der Waals surface area contributed by atoms with Crippen LogP contribution in [0.4, 0.5) is 5.00 Å². The summed E-state index contributed by atoms with van der Waals surface area (Å²) in [4.78, 5) is 29.9. The Labute approximate surface area is 260 Å². The number of thiophene rings is 1. The van der Waals surface area contributed by atoms with Crippen LogP contribution >= 0.6 is 11.3 Å². The number of fused-ring (bicyclic) bond motifs is 1. The lowest BCUT2D eigenvalue weighted by Gasteiger charge is -2.37. The second kappa shape index (κ2) is 15.6.